The van der Waals surface area contributed by atoms with E-state index in [1.165, 1.54) is 18.3 Å². The first-order valence-corrected chi connectivity index (χ1v) is 9.79. The van der Waals surface area contributed by atoms with Gasteiger partial charge in [0.15, 0.2) is 6.10 Å². The van der Waals surface area contributed by atoms with Gasteiger partial charge in [0.05, 0.1) is 17.8 Å². The smallest absolute Gasteiger partial charge is 0.310 e. The minimum Gasteiger partial charge on any atom is -0.454 e. The number of fused-ring (bicyclic) bond motifs is 1. The number of carbonyl (C=O) groups excluding carboxylic acids is 3. The molecule has 0 saturated heterocycles. The highest BCUT2D eigenvalue weighted by molar-refractivity contribution is 7.14. The Balaban J connectivity index is 1.62. The van der Waals surface area contributed by atoms with Gasteiger partial charge in [-0.3, -0.25) is 14.4 Å². The van der Waals surface area contributed by atoms with Crippen LogP contribution in [0.3, 0.4) is 0 Å². The Morgan fingerprint density at radius 1 is 1.04 bits per heavy atom. The molecule has 6 heteroatoms. The van der Waals surface area contributed by atoms with Gasteiger partial charge in [0.1, 0.15) is 0 Å². The van der Waals surface area contributed by atoms with E-state index >= 15 is 0 Å². The molecule has 1 amide bonds. The second-order valence-electron chi connectivity index (χ2n) is 6.49. The highest BCUT2D eigenvalue weighted by Crippen LogP contribution is 2.21. The zero-order chi connectivity index (χ0) is 20.1. The lowest BCUT2D eigenvalue weighted by Crippen LogP contribution is -2.24. The Morgan fingerprint density at radius 2 is 1.79 bits per heavy atom. The summed E-state index contributed by atoms with van der Waals surface area (Å²) in [4.78, 5) is 37.3. The lowest BCUT2D eigenvalue weighted by atomic mass is 10.0. The maximum absolute atomic E-state index is 12.5. The molecule has 1 N–H and O–H groups in total. The molecule has 0 aliphatic heterocycles. The summed E-state index contributed by atoms with van der Waals surface area (Å²) < 4.78 is 5.38. The molecule has 0 fully saturated rings. The third-order valence-corrected chi connectivity index (χ3v) is 5.41. The fourth-order valence-corrected chi connectivity index (χ4v) is 3.88. The fourth-order valence-electron chi connectivity index (χ4n) is 2.91. The standard InChI is InChI=1S/C22H21NO4S/c1-14(22(26)20-11-10-18(28-20)13-23-15(2)24)27-21(25)12-17-8-5-7-16-6-3-4-9-19(16)17/h3-11,14H,12-13H2,1-2H3,(H,23,24). The summed E-state index contributed by atoms with van der Waals surface area (Å²) in [6.07, 6.45) is -0.758. The zero-order valence-electron chi connectivity index (χ0n) is 15.7. The molecule has 0 spiro atoms. The monoisotopic (exact) mass is 395 g/mol. The highest BCUT2D eigenvalue weighted by Gasteiger charge is 2.21. The number of Topliss-reactive ketones (excluding diaryl/α,β-unsaturated/α-hetero) is 1. The normalized spacial score (nSPS) is 11.8. The molecule has 1 atom stereocenters. The number of rotatable bonds is 7. The molecule has 28 heavy (non-hydrogen) atoms. The van der Waals surface area contributed by atoms with Gasteiger partial charge in [0.25, 0.3) is 0 Å². The Morgan fingerprint density at radius 3 is 2.57 bits per heavy atom. The van der Waals surface area contributed by atoms with Crippen molar-refractivity contribution in [3.63, 3.8) is 0 Å². The van der Waals surface area contributed by atoms with E-state index in [-0.39, 0.29) is 18.1 Å². The van der Waals surface area contributed by atoms with Crippen molar-refractivity contribution in [2.75, 3.05) is 0 Å². The van der Waals surface area contributed by atoms with Crippen LogP contribution in [0.5, 0.6) is 0 Å². The van der Waals surface area contributed by atoms with E-state index in [1.54, 1.807) is 19.1 Å². The van der Waals surface area contributed by atoms with Crippen molar-refractivity contribution < 1.29 is 19.1 Å². The van der Waals surface area contributed by atoms with E-state index in [0.29, 0.717) is 11.4 Å². The van der Waals surface area contributed by atoms with Crippen molar-refractivity contribution in [2.24, 2.45) is 0 Å². The summed E-state index contributed by atoms with van der Waals surface area (Å²) in [5.74, 6) is -0.811. The summed E-state index contributed by atoms with van der Waals surface area (Å²) >= 11 is 1.29. The largest absolute Gasteiger partial charge is 0.454 e. The average Bonchev–Trinajstić information content (AvgIpc) is 3.15. The number of ether oxygens (including phenoxy) is 1. The minimum absolute atomic E-state index is 0.108. The van der Waals surface area contributed by atoms with E-state index in [1.807, 2.05) is 42.5 Å². The summed E-state index contributed by atoms with van der Waals surface area (Å²) in [6, 6.07) is 17.1. The van der Waals surface area contributed by atoms with Crippen LogP contribution in [0, 0.1) is 0 Å². The molecule has 0 aliphatic carbocycles. The van der Waals surface area contributed by atoms with Crippen molar-refractivity contribution in [2.45, 2.75) is 32.9 Å². The first-order chi connectivity index (χ1) is 13.4. The Kier molecular flexibility index (Phi) is 6.21. The molecule has 0 aliphatic rings. The van der Waals surface area contributed by atoms with Crippen LogP contribution in [0.1, 0.15) is 34.0 Å². The lowest BCUT2D eigenvalue weighted by molar-refractivity contribution is -0.145. The van der Waals surface area contributed by atoms with E-state index in [4.69, 9.17) is 4.74 Å². The van der Waals surface area contributed by atoms with Crippen LogP contribution in [0.4, 0.5) is 0 Å². The van der Waals surface area contributed by atoms with Gasteiger partial charge < -0.3 is 10.1 Å². The van der Waals surface area contributed by atoms with Crippen LogP contribution in [-0.2, 0) is 27.3 Å². The third-order valence-electron chi connectivity index (χ3n) is 4.31. The number of esters is 1. The van der Waals surface area contributed by atoms with Crippen molar-refractivity contribution in [3.05, 3.63) is 69.9 Å². The van der Waals surface area contributed by atoms with Crippen LogP contribution < -0.4 is 5.32 Å². The number of hydrogen-bond donors (Lipinski definition) is 1. The molecule has 0 saturated carbocycles. The quantitative estimate of drug-likeness (QED) is 0.487. The van der Waals surface area contributed by atoms with E-state index < -0.39 is 12.1 Å². The van der Waals surface area contributed by atoms with Gasteiger partial charge in [0, 0.05) is 11.8 Å². The van der Waals surface area contributed by atoms with Crippen molar-refractivity contribution >= 4 is 39.8 Å². The number of amides is 1. The second kappa shape index (κ2) is 8.80. The molecule has 3 rings (SSSR count). The zero-order valence-corrected chi connectivity index (χ0v) is 16.5. The van der Waals surface area contributed by atoms with Gasteiger partial charge in [-0.05, 0) is 35.4 Å². The number of carbonyl (C=O) groups is 3. The molecule has 3 aromatic rings. The maximum Gasteiger partial charge on any atom is 0.310 e. The van der Waals surface area contributed by atoms with Crippen LogP contribution in [-0.4, -0.2) is 23.8 Å². The molecule has 144 valence electrons. The first kappa shape index (κ1) is 19.8. The highest BCUT2D eigenvalue weighted by atomic mass is 32.1. The number of nitrogens with one attached hydrogen (secondary N) is 1. The number of ketones is 1. The van der Waals surface area contributed by atoms with E-state index in [2.05, 4.69) is 5.32 Å². The summed E-state index contributed by atoms with van der Waals surface area (Å²) in [7, 11) is 0. The Bertz CT molecular complexity index is 1020. The average molecular weight is 395 g/mol. The molecule has 1 aromatic heterocycles. The van der Waals surface area contributed by atoms with Gasteiger partial charge in [-0.25, -0.2) is 0 Å². The van der Waals surface area contributed by atoms with Crippen molar-refractivity contribution in [3.8, 4) is 0 Å². The lowest BCUT2D eigenvalue weighted by Gasteiger charge is -2.12. The molecule has 1 unspecified atom stereocenters. The van der Waals surface area contributed by atoms with Crippen molar-refractivity contribution in [1.29, 1.82) is 0 Å². The molecule has 0 bridgehead atoms. The van der Waals surface area contributed by atoms with Gasteiger partial charge in [-0.2, -0.15) is 0 Å². The molecule has 2 aromatic carbocycles. The fraction of sp³-hybridized carbons (Fsp3) is 0.227. The van der Waals surface area contributed by atoms with Crippen LogP contribution in [0.2, 0.25) is 0 Å². The van der Waals surface area contributed by atoms with Crippen LogP contribution >= 0.6 is 11.3 Å². The van der Waals surface area contributed by atoms with E-state index in [9.17, 15) is 14.4 Å². The molecule has 0 radical (unpaired) electrons. The predicted molar refractivity (Wildman–Crippen MR) is 109 cm³/mol. The van der Waals surface area contributed by atoms with Gasteiger partial charge in [0.2, 0.25) is 11.7 Å². The first-order valence-electron chi connectivity index (χ1n) is 8.97. The molecular weight excluding hydrogens is 374 g/mol. The number of benzene rings is 2. The topological polar surface area (TPSA) is 72.5 Å². The van der Waals surface area contributed by atoms with Crippen LogP contribution in [0.25, 0.3) is 10.8 Å². The summed E-state index contributed by atoms with van der Waals surface area (Å²) in [5.41, 5.74) is 0.872. The van der Waals surface area contributed by atoms with Gasteiger partial charge in [-0.1, -0.05) is 42.5 Å². The third kappa shape index (κ3) is 4.84. The molecule has 1 heterocycles. The summed E-state index contributed by atoms with van der Waals surface area (Å²) in [6.45, 7) is 3.40. The van der Waals surface area contributed by atoms with Crippen LogP contribution in [0.15, 0.2) is 54.6 Å². The summed E-state index contributed by atoms with van der Waals surface area (Å²) in [5, 5.41) is 4.75. The second-order valence-corrected chi connectivity index (χ2v) is 7.66. The number of thiophene rings is 1. The SMILES string of the molecule is CC(=O)NCc1ccc(C(=O)C(C)OC(=O)Cc2cccc3ccccc23)s1. The molecule has 5 nitrogen and oxygen atoms in total. The molecular formula is C22H21NO4S. The number of hydrogen-bond acceptors (Lipinski definition) is 5. The predicted octanol–water partition coefficient (Wildman–Crippen LogP) is 3.89. The maximum atomic E-state index is 12.5. The van der Waals surface area contributed by atoms with Crippen molar-refractivity contribution in [1.82, 2.24) is 5.32 Å². The Hall–Kier alpha value is -2.99. The van der Waals surface area contributed by atoms with E-state index in [0.717, 1.165) is 21.2 Å². The van der Waals surface area contributed by atoms with Gasteiger partial charge in [-0.15, -0.1) is 11.3 Å². The minimum atomic E-state index is -0.866. The van der Waals surface area contributed by atoms with Gasteiger partial charge >= 0.3 is 5.97 Å². The Labute approximate surface area is 167 Å².